The molecular weight excluding hydrogens is 277 g/mol. The highest BCUT2D eigenvalue weighted by Gasteiger charge is 2.28. The molecule has 20 heavy (non-hydrogen) atoms. The summed E-state index contributed by atoms with van der Waals surface area (Å²) in [4.78, 5) is 10.6. The van der Waals surface area contributed by atoms with Crippen LogP contribution in [0.5, 0.6) is 0 Å². The van der Waals surface area contributed by atoms with Crippen LogP contribution in [0, 0.1) is 5.82 Å². The normalized spacial score (nSPS) is 14.3. The van der Waals surface area contributed by atoms with E-state index in [9.17, 15) is 4.39 Å². The van der Waals surface area contributed by atoms with Crippen LogP contribution in [-0.2, 0) is 0 Å². The number of hydrogen-bond donors (Lipinski definition) is 0. The van der Waals surface area contributed by atoms with Gasteiger partial charge in [-0.25, -0.2) is 14.4 Å². The van der Waals surface area contributed by atoms with Crippen LogP contribution >= 0.6 is 11.6 Å². The summed E-state index contributed by atoms with van der Waals surface area (Å²) in [5.41, 5.74) is 0.506. The SMILES string of the molecule is CCN(c1cc(Cl)nc(C2CC2)n1)c1ccccc1F. The van der Waals surface area contributed by atoms with Gasteiger partial charge in [-0.2, -0.15) is 0 Å². The van der Waals surface area contributed by atoms with E-state index in [1.165, 1.54) is 6.07 Å². The first-order valence-corrected chi connectivity index (χ1v) is 7.13. The molecule has 2 aromatic rings. The summed E-state index contributed by atoms with van der Waals surface area (Å²) in [6, 6.07) is 8.36. The monoisotopic (exact) mass is 291 g/mol. The lowest BCUT2D eigenvalue weighted by atomic mass is 10.2. The zero-order valence-electron chi connectivity index (χ0n) is 11.2. The summed E-state index contributed by atoms with van der Waals surface area (Å²) in [7, 11) is 0. The molecule has 104 valence electrons. The van der Waals surface area contributed by atoms with Crippen LogP contribution in [0.4, 0.5) is 15.9 Å². The first-order chi connectivity index (χ1) is 9.69. The average molecular weight is 292 g/mol. The number of aromatic nitrogens is 2. The summed E-state index contributed by atoms with van der Waals surface area (Å²) in [5.74, 6) is 1.56. The molecule has 0 aliphatic heterocycles. The molecule has 1 aromatic heterocycles. The fraction of sp³-hybridized carbons (Fsp3) is 0.333. The van der Waals surface area contributed by atoms with Gasteiger partial charge >= 0.3 is 0 Å². The molecule has 3 rings (SSSR count). The molecule has 0 radical (unpaired) electrons. The molecule has 0 N–H and O–H groups in total. The fourth-order valence-corrected chi connectivity index (χ4v) is 2.40. The van der Waals surface area contributed by atoms with E-state index >= 15 is 0 Å². The highest BCUT2D eigenvalue weighted by molar-refractivity contribution is 6.29. The summed E-state index contributed by atoms with van der Waals surface area (Å²) < 4.78 is 14.0. The highest BCUT2D eigenvalue weighted by Crippen LogP contribution is 2.39. The molecule has 1 aliphatic carbocycles. The van der Waals surface area contributed by atoms with E-state index in [1.807, 2.05) is 17.9 Å². The van der Waals surface area contributed by atoms with Gasteiger partial charge in [0.05, 0.1) is 5.69 Å². The van der Waals surface area contributed by atoms with Crippen LogP contribution in [0.2, 0.25) is 5.15 Å². The summed E-state index contributed by atoms with van der Waals surface area (Å²) in [6.07, 6.45) is 2.21. The summed E-state index contributed by atoms with van der Waals surface area (Å²) in [6.45, 7) is 2.57. The lowest BCUT2D eigenvalue weighted by Gasteiger charge is -2.23. The molecule has 5 heteroatoms. The predicted molar refractivity (Wildman–Crippen MR) is 78.1 cm³/mol. The Morgan fingerprint density at radius 1 is 1.30 bits per heavy atom. The van der Waals surface area contributed by atoms with Gasteiger partial charge < -0.3 is 4.90 Å². The van der Waals surface area contributed by atoms with Crippen LogP contribution in [0.3, 0.4) is 0 Å². The van der Waals surface area contributed by atoms with Crippen molar-refractivity contribution in [2.75, 3.05) is 11.4 Å². The first-order valence-electron chi connectivity index (χ1n) is 6.75. The molecular formula is C15H15ClFN3. The van der Waals surface area contributed by atoms with E-state index in [0.29, 0.717) is 29.1 Å². The zero-order valence-corrected chi connectivity index (χ0v) is 11.9. The maximum atomic E-state index is 14.0. The number of nitrogens with zero attached hydrogens (tertiary/aromatic N) is 3. The van der Waals surface area contributed by atoms with Gasteiger partial charge in [0, 0.05) is 18.5 Å². The van der Waals surface area contributed by atoms with E-state index < -0.39 is 0 Å². The van der Waals surface area contributed by atoms with E-state index in [-0.39, 0.29) is 5.82 Å². The Labute approximate surface area is 122 Å². The number of hydrogen-bond acceptors (Lipinski definition) is 3. The Hall–Kier alpha value is -1.68. The molecule has 0 bridgehead atoms. The summed E-state index contributed by atoms with van der Waals surface area (Å²) in [5, 5.41) is 0.409. The third-order valence-corrected chi connectivity index (χ3v) is 3.57. The van der Waals surface area contributed by atoms with Gasteiger partial charge in [0.2, 0.25) is 0 Å². The van der Waals surface area contributed by atoms with Gasteiger partial charge in [0.15, 0.2) is 0 Å². The number of rotatable bonds is 4. The third-order valence-electron chi connectivity index (χ3n) is 3.38. The summed E-state index contributed by atoms with van der Waals surface area (Å²) >= 11 is 6.08. The fourth-order valence-electron chi connectivity index (χ4n) is 2.21. The van der Waals surface area contributed by atoms with Gasteiger partial charge in [0.1, 0.15) is 22.6 Å². The second-order valence-corrected chi connectivity index (χ2v) is 5.26. The van der Waals surface area contributed by atoms with Crippen molar-refractivity contribution in [3.05, 3.63) is 47.1 Å². The van der Waals surface area contributed by atoms with Crippen molar-refractivity contribution >= 4 is 23.1 Å². The van der Waals surface area contributed by atoms with Crippen LogP contribution in [0.15, 0.2) is 30.3 Å². The van der Waals surface area contributed by atoms with E-state index in [2.05, 4.69) is 9.97 Å². The molecule has 1 aromatic carbocycles. The van der Waals surface area contributed by atoms with Crippen LogP contribution < -0.4 is 4.90 Å². The van der Waals surface area contributed by atoms with Crippen molar-refractivity contribution in [3.63, 3.8) is 0 Å². The quantitative estimate of drug-likeness (QED) is 0.786. The lowest BCUT2D eigenvalue weighted by molar-refractivity contribution is 0.625. The van der Waals surface area contributed by atoms with Gasteiger partial charge in [-0.15, -0.1) is 0 Å². The molecule has 1 aliphatic rings. The minimum atomic E-state index is -0.267. The standard InChI is InChI=1S/C15H15ClFN3/c1-2-20(12-6-4-3-5-11(12)17)14-9-13(16)18-15(19-14)10-7-8-10/h3-6,9-10H,2,7-8H2,1H3. The minimum absolute atomic E-state index is 0.267. The van der Waals surface area contributed by atoms with E-state index in [0.717, 1.165) is 18.7 Å². The molecule has 0 unspecified atom stereocenters. The predicted octanol–water partition coefficient (Wildman–Crippen LogP) is 4.30. The first kappa shape index (κ1) is 13.3. The molecule has 0 spiro atoms. The molecule has 3 nitrogen and oxygen atoms in total. The second-order valence-electron chi connectivity index (χ2n) is 4.88. The Morgan fingerprint density at radius 3 is 2.70 bits per heavy atom. The van der Waals surface area contributed by atoms with Crippen molar-refractivity contribution in [3.8, 4) is 0 Å². The van der Waals surface area contributed by atoms with Crippen LogP contribution in [0.25, 0.3) is 0 Å². The minimum Gasteiger partial charge on any atom is -0.324 e. The maximum Gasteiger partial charge on any atom is 0.146 e. The third kappa shape index (κ3) is 2.61. The van der Waals surface area contributed by atoms with Crippen LogP contribution in [0.1, 0.15) is 31.5 Å². The Bertz CT molecular complexity index is 628. The van der Waals surface area contributed by atoms with Crippen molar-refractivity contribution < 1.29 is 4.39 Å². The van der Waals surface area contributed by atoms with Gasteiger partial charge in [0.25, 0.3) is 0 Å². The Morgan fingerprint density at radius 2 is 2.05 bits per heavy atom. The van der Waals surface area contributed by atoms with E-state index in [1.54, 1.807) is 18.2 Å². The number of benzene rings is 1. The lowest BCUT2D eigenvalue weighted by Crippen LogP contribution is -2.19. The average Bonchev–Trinajstić information content (AvgIpc) is 3.25. The maximum absolute atomic E-state index is 14.0. The van der Waals surface area contributed by atoms with Crippen molar-refractivity contribution in [2.24, 2.45) is 0 Å². The molecule has 1 fully saturated rings. The molecule has 0 amide bonds. The van der Waals surface area contributed by atoms with E-state index in [4.69, 9.17) is 11.6 Å². The van der Waals surface area contributed by atoms with Gasteiger partial charge in [-0.05, 0) is 31.9 Å². The van der Waals surface area contributed by atoms with Crippen molar-refractivity contribution in [1.29, 1.82) is 0 Å². The highest BCUT2D eigenvalue weighted by atomic mass is 35.5. The number of anilines is 2. The number of para-hydroxylation sites is 1. The molecule has 1 saturated carbocycles. The number of halogens is 2. The zero-order chi connectivity index (χ0) is 14.1. The molecule has 0 saturated heterocycles. The smallest absolute Gasteiger partial charge is 0.146 e. The van der Waals surface area contributed by atoms with Crippen molar-refractivity contribution in [1.82, 2.24) is 9.97 Å². The topological polar surface area (TPSA) is 29.0 Å². The van der Waals surface area contributed by atoms with Crippen molar-refractivity contribution in [2.45, 2.75) is 25.7 Å². The van der Waals surface area contributed by atoms with Crippen LogP contribution in [-0.4, -0.2) is 16.5 Å². The molecule has 1 heterocycles. The van der Waals surface area contributed by atoms with Gasteiger partial charge in [-0.3, -0.25) is 0 Å². The second kappa shape index (κ2) is 5.37. The largest absolute Gasteiger partial charge is 0.324 e. The molecule has 0 atom stereocenters. The van der Waals surface area contributed by atoms with Gasteiger partial charge in [-0.1, -0.05) is 23.7 Å². The Kier molecular flexibility index (Phi) is 3.57. The Balaban J connectivity index is 2.03.